The molecule has 1 aliphatic rings. The van der Waals surface area contributed by atoms with Crippen molar-refractivity contribution in [2.45, 2.75) is 6.92 Å². The summed E-state index contributed by atoms with van der Waals surface area (Å²) < 4.78 is 10.0. The number of hydrogen-bond acceptors (Lipinski definition) is 6. The van der Waals surface area contributed by atoms with Gasteiger partial charge in [-0.15, -0.1) is 0 Å². The molecule has 0 bridgehead atoms. The molecule has 0 aliphatic carbocycles. The molecule has 0 saturated carbocycles. The number of hydrogen-bond donors (Lipinski definition) is 1. The molecule has 0 radical (unpaired) electrons. The molecule has 1 saturated heterocycles. The lowest BCUT2D eigenvalue weighted by Crippen LogP contribution is -2.52. The fourth-order valence-corrected chi connectivity index (χ4v) is 2.09. The Hall–Kier alpha value is -2.74. The Morgan fingerprint density at radius 2 is 1.96 bits per heavy atom. The largest absolute Gasteiger partial charge is 0.482 e. The number of ether oxygens (including phenoxy) is 2. The number of nitrogens with zero attached hydrogens (tertiary/aromatic N) is 1. The van der Waals surface area contributed by atoms with E-state index in [4.69, 9.17) is 21.7 Å². The van der Waals surface area contributed by atoms with Gasteiger partial charge < -0.3 is 9.47 Å². The lowest BCUT2D eigenvalue weighted by Gasteiger charge is -2.25. The summed E-state index contributed by atoms with van der Waals surface area (Å²) in [6.45, 7) is 1.83. The molecule has 7 nitrogen and oxygen atoms in total. The summed E-state index contributed by atoms with van der Waals surface area (Å²) in [4.78, 5) is 36.4. The number of carbonyl (C=O) groups is 3. The number of rotatable bonds is 5. The molecule has 2 amide bonds. The number of thiocarbonyl (C=S) groups is 1. The number of benzene rings is 1. The SMILES string of the molecule is CCOC(=O)COc1ccc(/C=C2/C(=O)NC(=S)N(C)C2=O)cc1. The van der Waals surface area contributed by atoms with Crippen molar-refractivity contribution in [2.24, 2.45) is 0 Å². The molecule has 1 fully saturated rings. The van der Waals surface area contributed by atoms with Gasteiger partial charge in [-0.1, -0.05) is 12.1 Å². The molecular formula is C16H16N2O5S. The highest BCUT2D eigenvalue weighted by Crippen LogP contribution is 2.17. The lowest BCUT2D eigenvalue weighted by atomic mass is 10.1. The third-order valence-corrected chi connectivity index (χ3v) is 3.53. The van der Waals surface area contributed by atoms with Gasteiger partial charge in [0.05, 0.1) is 6.61 Å². The average molecular weight is 348 g/mol. The molecule has 0 unspecified atom stereocenters. The normalized spacial score (nSPS) is 16.2. The molecule has 1 heterocycles. The molecular weight excluding hydrogens is 332 g/mol. The summed E-state index contributed by atoms with van der Waals surface area (Å²) in [6, 6.07) is 6.60. The number of likely N-dealkylation sites (N-methyl/N-ethyl adjacent to an activating group) is 1. The van der Waals surface area contributed by atoms with Crippen LogP contribution in [0.1, 0.15) is 12.5 Å². The summed E-state index contributed by atoms with van der Waals surface area (Å²) in [5.74, 6) is -0.979. The van der Waals surface area contributed by atoms with Gasteiger partial charge in [0.25, 0.3) is 11.8 Å². The van der Waals surface area contributed by atoms with Crippen LogP contribution in [0.15, 0.2) is 29.8 Å². The second kappa shape index (κ2) is 7.69. The van der Waals surface area contributed by atoms with Crippen LogP contribution >= 0.6 is 12.2 Å². The smallest absolute Gasteiger partial charge is 0.344 e. The third kappa shape index (κ3) is 4.17. The predicted octanol–water partition coefficient (Wildman–Crippen LogP) is 0.885. The first-order valence-electron chi connectivity index (χ1n) is 7.16. The van der Waals surface area contributed by atoms with Crippen molar-refractivity contribution in [3.63, 3.8) is 0 Å². The average Bonchev–Trinajstić information content (AvgIpc) is 2.56. The number of carbonyl (C=O) groups excluding carboxylic acids is 3. The van der Waals surface area contributed by atoms with Crippen LogP contribution in [0.2, 0.25) is 0 Å². The Morgan fingerprint density at radius 1 is 1.29 bits per heavy atom. The zero-order chi connectivity index (χ0) is 17.7. The number of nitrogens with one attached hydrogen (secondary N) is 1. The summed E-state index contributed by atoms with van der Waals surface area (Å²) in [5, 5.41) is 2.51. The van der Waals surface area contributed by atoms with Crippen molar-refractivity contribution in [1.82, 2.24) is 10.2 Å². The highest BCUT2D eigenvalue weighted by Gasteiger charge is 2.30. The van der Waals surface area contributed by atoms with E-state index >= 15 is 0 Å². The van der Waals surface area contributed by atoms with Crippen molar-refractivity contribution in [3.05, 3.63) is 35.4 Å². The van der Waals surface area contributed by atoms with Gasteiger partial charge in [-0.2, -0.15) is 0 Å². The molecule has 1 aromatic carbocycles. The molecule has 1 N–H and O–H groups in total. The maximum absolute atomic E-state index is 12.1. The monoisotopic (exact) mass is 348 g/mol. The van der Waals surface area contributed by atoms with Crippen LogP contribution < -0.4 is 10.1 Å². The Bertz CT molecular complexity index is 712. The fourth-order valence-electron chi connectivity index (χ4n) is 1.92. The fraction of sp³-hybridized carbons (Fsp3) is 0.250. The quantitative estimate of drug-likeness (QED) is 0.368. The van der Waals surface area contributed by atoms with E-state index in [1.807, 2.05) is 0 Å². The maximum Gasteiger partial charge on any atom is 0.344 e. The topological polar surface area (TPSA) is 84.9 Å². The van der Waals surface area contributed by atoms with E-state index < -0.39 is 17.8 Å². The second-order valence-electron chi connectivity index (χ2n) is 4.84. The first-order valence-corrected chi connectivity index (χ1v) is 7.56. The van der Waals surface area contributed by atoms with Crippen LogP contribution in [-0.4, -0.2) is 48.1 Å². The minimum absolute atomic E-state index is 0.00806. The van der Waals surface area contributed by atoms with Gasteiger partial charge in [0.1, 0.15) is 11.3 Å². The summed E-state index contributed by atoms with van der Waals surface area (Å²) in [5.41, 5.74) is 0.629. The zero-order valence-corrected chi connectivity index (χ0v) is 14.0. The van der Waals surface area contributed by atoms with Gasteiger partial charge in [-0.25, -0.2) is 4.79 Å². The van der Waals surface area contributed by atoms with E-state index in [1.54, 1.807) is 31.2 Å². The Morgan fingerprint density at radius 3 is 2.58 bits per heavy atom. The first-order chi connectivity index (χ1) is 11.4. The van der Waals surface area contributed by atoms with E-state index in [9.17, 15) is 14.4 Å². The van der Waals surface area contributed by atoms with Gasteiger partial charge in [0.2, 0.25) is 0 Å². The van der Waals surface area contributed by atoms with E-state index in [1.165, 1.54) is 18.0 Å². The summed E-state index contributed by atoms with van der Waals surface area (Å²) >= 11 is 4.88. The molecule has 1 aliphatic heterocycles. The van der Waals surface area contributed by atoms with Crippen LogP contribution in [0.4, 0.5) is 0 Å². The van der Waals surface area contributed by atoms with E-state index in [2.05, 4.69) is 5.32 Å². The van der Waals surface area contributed by atoms with Crippen molar-refractivity contribution < 1.29 is 23.9 Å². The highest BCUT2D eigenvalue weighted by molar-refractivity contribution is 7.80. The van der Waals surface area contributed by atoms with Crippen LogP contribution in [0.3, 0.4) is 0 Å². The van der Waals surface area contributed by atoms with Gasteiger partial charge in [0.15, 0.2) is 11.7 Å². The Kier molecular flexibility index (Phi) is 5.64. The molecule has 1 aromatic rings. The van der Waals surface area contributed by atoms with Crippen molar-refractivity contribution in [1.29, 1.82) is 0 Å². The molecule has 8 heteroatoms. The molecule has 0 atom stereocenters. The lowest BCUT2D eigenvalue weighted by molar-refractivity contribution is -0.145. The minimum atomic E-state index is -0.536. The van der Waals surface area contributed by atoms with Crippen LogP contribution in [-0.2, 0) is 19.1 Å². The predicted molar refractivity (Wildman–Crippen MR) is 90.1 cm³/mol. The zero-order valence-electron chi connectivity index (χ0n) is 13.2. The second-order valence-corrected chi connectivity index (χ2v) is 5.23. The third-order valence-electron chi connectivity index (χ3n) is 3.16. The summed E-state index contributed by atoms with van der Waals surface area (Å²) in [7, 11) is 1.49. The molecule has 0 spiro atoms. The first kappa shape index (κ1) is 17.6. The van der Waals surface area contributed by atoms with Gasteiger partial charge in [0, 0.05) is 7.05 Å². The van der Waals surface area contributed by atoms with Crippen LogP contribution in [0.5, 0.6) is 5.75 Å². The van der Waals surface area contributed by atoms with Gasteiger partial charge in [-0.05, 0) is 42.9 Å². The van der Waals surface area contributed by atoms with Crippen molar-refractivity contribution in [2.75, 3.05) is 20.3 Å². The van der Waals surface area contributed by atoms with E-state index in [-0.39, 0.29) is 17.3 Å². The molecule has 24 heavy (non-hydrogen) atoms. The molecule has 2 rings (SSSR count). The summed E-state index contributed by atoms with van der Waals surface area (Å²) in [6.07, 6.45) is 1.46. The number of amides is 2. The standard InChI is InChI=1S/C16H16N2O5S/c1-3-22-13(19)9-23-11-6-4-10(5-7-11)8-12-14(20)17-16(24)18(2)15(12)21/h4-8H,3,9H2,1-2H3,(H,17,20,24)/b12-8-. The molecule has 126 valence electrons. The van der Waals surface area contributed by atoms with E-state index in [0.29, 0.717) is 17.9 Å². The molecule has 0 aromatic heterocycles. The Labute approximate surface area is 144 Å². The highest BCUT2D eigenvalue weighted by atomic mass is 32.1. The van der Waals surface area contributed by atoms with Crippen molar-refractivity contribution in [3.8, 4) is 5.75 Å². The van der Waals surface area contributed by atoms with Gasteiger partial charge in [-0.3, -0.25) is 19.8 Å². The van der Waals surface area contributed by atoms with Gasteiger partial charge >= 0.3 is 5.97 Å². The minimum Gasteiger partial charge on any atom is -0.482 e. The van der Waals surface area contributed by atoms with Crippen LogP contribution in [0.25, 0.3) is 6.08 Å². The Balaban J connectivity index is 2.08. The van der Waals surface area contributed by atoms with Crippen LogP contribution in [0, 0.1) is 0 Å². The number of esters is 1. The van der Waals surface area contributed by atoms with E-state index in [0.717, 1.165) is 0 Å². The maximum atomic E-state index is 12.1. The van der Waals surface area contributed by atoms with Crippen molar-refractivity contribution >= 4 is 41.2 Å².